The van der Waals surface area contributed by atoms with Gasteiger partial charge in [-0.3, -0.25) is 9.78 Å². The highest BCUT2D eigenvalue weighted by atomic mass is 16.1. The molecule has 0 aliphatic heterocycles. The van der Waals surface area contributed by atoms with Gasteiger partial charge in [-0.2, -0.15) is 5.26 Å². The molecule has 0 spiro atoms. The second-order valence-electron chi connectivity index (χ2n) is 5.38. The van der Waals surface area contributed by atoms with Crippen molar-refractivity contribution >= 4 is 22.4 Å². The molecule has 2 N–H and O–H groups in total. The summed E-state index contributed by atoms with van der Waals surface area (Å²) < 4.78 is 0. The molecule has 3 aromatic rings. The van der Waals surface area contributed by atoms with Gasteiger partial charge in [-0.05, 0) is 23.1 Å². The molecule has 0 saturated carbocycles. The van der Waals surface area contributed by atoms with E-state index in [0.717, 1.165) is 22.0 Å². The number of nitrogens with one attached hydrogen (secondary N) is 2. The molecule has 0 saturated heterocycles. The third-order valence-electron chi connectivity index (χ3n) is 3.70. The van der Waals surface area contributed by atoms with Crippen LogP contribution in [0.5, 0.6) is 0 Å². The third kappa shape index (κ3) is 4.01. The Hall–Kier alpha value is -3.65. The van der Waals surface area contributed by atoms with Gasteiger partial charge < -0.3 is 10.6 Å². The summed E-state index contributed by atoms with van der Waals surface area (Å²) in [6.45, 7) is 0.319. The Bertz CT molecular complexity index is 953. The van der Waals surface area contributed by atoms with Crippen molar-refractivity contribution in [1.29, 1.82) is 5.26 Å². The van der Waals surface area contributed by atoms with Gasteiger partial charge in [0.1, 0.15) is 11.6 Å². The molecular formula is C20H16N4O. The molecule has 0 aliphatic carbocycles. The third-order valence-corrected chi connectivity index (χ3v) is 3.70. The number of nitriles is 1. The zero-order chi connectivity index (χ0) is 17.5. The largest absolute Gasteiger partial charge is 0.360 e. The zero-order valence-electron chi connectivity index (χ0n) is 13.4. The fourth-order valence-electron chi connectivity index (χ4n) is 2.43. The number of fused-ring (bicyclic) bond motifs is 1. The van der Waals surface area contributed by atoms with E-state index in [0.29, 0.717) is 6.54 Å². The first-order valence-electron chi connectivity index (χ1n) is 7.79. The minimum atomic E-state index is -0.431. The topological polar surface area (TPSA) is 77.8 Å². The average molecular weight is 328 g/mol. The van der Waals surface area contributed by atoms with Gasteiger partial charge in [0.2, 0.25) is 0 Å². The number of benzene rings is 2. The van der Waals surface area contributed by atoms with Gasteiger partial charge in [0.25, 0.3) is 5.91 Å². The van der Waals surface area contributed by atoms with Crippen LogP contribution in [0.3, 0.4) is 0 Å². The molecule has 1 heterocycles. The van der Waals surface area contributed by atoms with Gasteiger partial charge in [-0.25, -0.2) is 0 Å². The Kier molecular flexibility index (Phi) is 5.03. The average Bonchev–Trinajstić information content (AvgIpc) is 2.67. The summed E-state index contributed by atoms with van der Waals surface area (Å²) in [5, 5.41) is 17.1. The lowest BCUT2D eigenvalue weighted by atomic mass is 10.1. The second kappa shape index (κ2) is 7.75. The molecule has 5 heteroatoms. The summed E-state index contributed by atoms with van der Waals surface area (Å²) in [5.74, 6) is -0.431. The lowest BCUT2D eigenvalue weighted by Crippen LogP contribution is -2.24. The van der Waals surface area contributed by atoms with Crippen molar-refractivity contribution in [2.45, 2.75) is 6.54 Å². The van der Waals surface area contributed by atoms with Crippen molar-refractivity contribution in [3.63, 3.8) is 0 Å². The van der Waals surface area contributed by atoms with E-state index in [9.17, 15) is 10.1 Å². The summed E-state index contributed by atoms with van der Waals surface area (Å²) in [5.41, 5.74) is 1.72. The fraction of sp³-hybridized carbons (Fsp3) is 0.0500. The van der Waals surface area contributed by atoms with Gasteiger partial charge in [-0.15, -0.1) is 0 Å². The summed E-state index contributed by atoms with van der Waals surface area (Å²) in [6.07, 6.45) is 4.77. The number of amides is 1. The van der Waals surface area contributed by atoms with E-state index in [4.69, 9.17) is 0 Å². The molecule has 0 aliphatic rings. The molecule has 3 rings (SSSR count). The highest BCUT2D eigenvalue weighted by Crippen LogP contribution is 2.23. The Labute approximate surface area is 145 Å². The zero-order valence-corrected chi connectivity index (χ0v) is 13.4. The van der Waals surface area contributed by atoms with Gasteiger partial charge in [-0.1, -0.05) is 42.5 Å². The van der Waals surface area contributed by atoms with Crippen LogP contribution in [0.4, 0.5) is 5.69 Å². The highest BCUT2D eigenvalue weighted by Gasteiger charge is 2.09. The standard InChI is InChI=1S/C20H16N4O/c21-11-17(20(25)24-13-15-5-4-10-22-12-15)14-23-19-9-3-7-16-6-1-2-8-18(16)19/h1-10,12,14,23H,13H2,(H,24,25)/b17-14-. The van der Waals surface area contributed by atoms with Crippen molar-refractivity contribution in [2.24, 2.45) is 0 Å². The number of hydrogen-bond acceptors (Lipinski definition) is 4. The van der Waals surface area contributed by atoms with Gasteiger partial charge in [0.05, 0.1) is 0 Å². The number of carbonyl (C=O) groups is 1. The summed E-state index contributed by atoms with van der Waals surface area (Å²) in [4.78, 5) is 16.2. The smallest absolute Gasteiger partial charge is 0.263 e. The summed E-state index contributed by atoms with van der Waals surface area (Å²) in [6, 6.07) is 19.3. The lowest BCUT2D eigenvalue weighted by molar-refractivity contribution is -0.117. The fourth-order valence-corrected chi connectivity index (χ4v) is 2.43. The minimum Gasteiger partial charge on any atom is -0.360 e. The van der Waals surface area contributed by atoms with Crippen LogP contribution in [-0.2, 0) is 11.3 Å². The maximum atomic E-state index is 12.2. The molecule has 1 amide bonds. The van der Waals surface area contributed by atoms with E-state index < -0.39 is 5.91 Å². The Morgan fingerprint density at radius 1 is 1.12 bits per heavy atom. The maximum absolute atomic E-state index is 12.2. The van der Waals surface area contributed by atoms with Crippen molar-refractivity contribution in [3.8, 4) is 6.07 Å². The molecule has 0 atom stereocenters. The van der Waals surface area contributed by atoms with Crippen LogP contribution in [0, 0.1) is 11.3 Å². The first-order valence-corrected chi connectivity index (χ1v) is 7.79. The quantitative estimate of drug-likeness (QED) is 0.556. The van der Waals surface area contributed by atoms with Crippen molar-refractivity contribution < 1.29 is 4.79 Å². The molecule has 0 fully saturated rings. The molecule has 1 aromatic heterocycles. The number of pyridine rings is 1. The minimum absolute atomic E-state index is 0.0109. The van der Waals surface area contributed by atoms with Crippen LogP contribution >= 0.6 is 0 Å². The Morgan fingerprint density at radius 2 is 1.96 bits per heavy atom. The van der Waals surface area contributed by atoms with Gasteiger partial charge >= 0.3 is 0 Å². The number of hydrogen-bond donors (Lipinski definition) is 2. The van der Waals surface area contributed by atoms with E-state index in [-0.39, 0.29) is 5.57 Å². The maximum Gasteiger partial charge on any atom is 0.263 e. The molecular weight excluding hydrogens is 312 g/mol. The first-order chi connectivity index (χ1) is 12.3. The number of anilines is 1. The van der Waals surface area contributed by atoms with E-state index in [1.807, 2.05) is 54.6 Å². The van der Waals surface area contributed by atoms with Crippen LogP contribution < -0.4 is 10.6 Å². The number of rotatable bonds is 5. The molecule has 122 valence electrons. The summed E-state index contributed by atoms with van der Waals surface area (Å²) >= 11 is 0. The lowest BCUT2D eigenvalue weighted by Gasteiger charge is -2.07. The van der Waals surface area contributed by atoms with Crippen LogP contribution in [0.1, 0.15) is 5.56 Å². The Morgan fingerprint density at radius 3 is 2.76 bits per heavy atom. The van der Waals surface area contributed by atoms with Gasteiger partial charge in [0.15, 0.2) is 0 Å². The molecule has 25 heavy (non-hydrogen) atoms. The number of nitrogens with zero attached hydrogens (tertiary/aromatic N) is 2. The monoisotopic (exact) mass is 328 g/mol. The molecule has 2 aromatic carbocycles. The van der Waals surface area contributed by atoms with Crippen LogP contribution in [0.2, 0.25) is 0 Å². The van der Waals surface area contributed by atoms with E-state index in [1.165, 1.54) is 6.20 Å². The van der Waals surface area contributed by atoms with Crippen LogP contribution in [-0.4, -0.2) is 10.9 Å². The van der Waals surface area contributed by atoms with E-state index in [1.54, 1.807) is 18.5 Å². The van der Waals surface area contributed by atoms with Crippen LogP contribution in [0.15, 0.2) is 78.8 Å². The van der Waals surface area contributed by atoms with Crippen molar-refractivity contribution in [1.82, 2.24) is 10.3 Å². The predicted molar refractivity (Wildman–Crippen MR) is 97.4 cm³/mol. The molecule has 0 bridgehead atoms. The second-order valence-corrected chi connectivity index (χ2v) is 5.38. The predicted octanol–water partition coefficient (Wildman–Crippen LogP) is 3.37. The van der Waals surface area contributed by atoms with Crippen LogP contribution in [0.25, 0.3) is 10.8 Å². The molecule has 0 unspecified atom stereocenters. The normalized spacial score (nSPS) is 10.9. The SMILES string of the molecule is N#C/C(=C/Nc1cccc2ccccc12)C(=O)NCc1cccnc1. The first kappa shape index (κ1) is 16.2. The van der Waals surface area contributed by atoms with Crippen molar-refractivity contribution in [2.75, 3.05) is 5.32 Å². The highest BCUT2D eigenvalue weighted by molar-refractivity contribution is 5.98. The van der Waals surface area contributed by atoms with Gasteiger partial charge in [0, 0.05) is 36.2 Å². The summed E-state index contributed by atoms with van der Waals surface area (Å²) in [7, 11) is 0. The van der Waals surface area contributed by atoms with E-state index in [2.05, 4.69) is 15.6 Å². The Balaban J connectivity index is 1.72. The number of carbonyl (C=O) groups excluding carboxylic acids is 1. The number of aromatic nitrogens is 1. The van der Waals surface area contributed by atoms with Crippen molar-refractivity contribution in [3.05, 3.63) is 84.3 Å². The van der Waals surface area contributed by atoms with E-state index >= 15 is 0 Å². The molecule has 0 radical (unpaired) electrons. The molecule has 5 nitrogen and oxygen atoms in total.